The van der Waals surface area contributed by atoms with E-state index in [0.29, 0.717) is 0 Å². The van der Waals surface area contributed by atoms with Crippen molar-refractivity contribution in [1.82, 2.24) is 47.9 Å². The molecule has 10 amide bonds. The van der Waals surface area contributed by atoms with Crippen molar-refractivity contribution >= 4 is 65.0 Å². The van der Waals surface area contributed by atoms with E-state index < -0.39 is 168 Å². The Bertz CT molecular complexity index is 1900. The number of hydrogen-bond donors (Lipinski definition) is 15. The fraction of sp³-hybridized carbons (Fsp3) is 0.761. The van der Waals surface area contributed by atoms with Crippen molar-refractivity contribution in [3.63, 3.8) is 0 Å². The van der Waals surface area contributed by atoms with Crippen molar-refractivity contribution < 1.29 is 73.2 Å². The summed E-state index contributed by atoms with van der Waals surface area (Å²) in [6, 6.07) is -14.7. The Labute approximate surface area is 421 Å². The van der Waals surface area contributed by atoms with Crippen molar-refractivity contribution in [3.05, 3.63) is 0 Å². The number of carbonyl (C=O) groups is 11. The van der Waals surface area contributed by atoms with E-state index in [1.807, 2.05) is 0 Å². The summed E-state index contributed by atoms with van der Waals surface area (Å²) >= 11 is 0. The molecule has 0 heterocycles. The highest BCUT2D eigenvalue weighted by Crippen LogP contribution is 2.14. The molecule has 0 saturated heterocycles. The summed E-state index contributed by atoms with van der Waals surface area (Å²) in [4.78, 5) is 145. The summed E-state index contributed by atoms with van der Waals surface area (Å²) < 4.78 is 0. The summed E-state index contributed by atoms with van der Waals surface area (Å²) in [7, 11) is 0. The number of carbonyl (C=O) groups excluding carboxylic acids is 10. The van der Waals surface area contributed by atoms with Gasteiger partial charge in [0.25, 0.3) is 0 Å². The van der Waals surface area contributed by atoms with E-state index in [0.717, 1.165) is 0 Å². The molecule has 0 fully saturated rings. The fourth-order valence-corrected chi connectivity index (χ4v) is 6.80. The standard InChI is InChI=1S/C46H83N11O15/c1-15-22(10)33(42(67)57-35(25(13)59)44(69)52-31(20(6)7)41(66)56-36(26(14)60)45(70)53-32(21(8)9)46(71)72)54-39(64)27(16-18(2)3)51-38(63)28(17-29(47)61)50-37(62)23(11)49-43(68)34(24(12)58)55-40(65)30(48)19(4)5/h18-28,30-36,58-60H,15-17,48H2,1-14H3,(H2,47,61)(H,49,68)(H,50,62)(H,51,63)(H,52,69)(H,53,70)(H,54,64)(H,55,65)(H,56,66)(H,57,67)(H,71,72)/t22-,23-,24+,25+,26+,27-,28-,30-,31-,32-,33-,34-,35-,36-/m0/s1. The first-order valence-corrected chi connectivity index (χ1v) is 24.1. The Balaban J connectivity index is 6.45. The summed E-state index contributed by atoms with van der Waals surface area (Å²) in [6.45, 7) is 21.0. The van der Waals surface area contributed by atoms with Crippen molar-refractivity contribution in [2.45, 2.75) is 195 Å². The largest absolute Gasteiger partial charge is 0.480 e. The van der Waals surface area contributed by atoms with Crippen LogP contribution in [0, 0.1) is 29.6 Å². The summed E-state index contributed by atoms with van der Waals surface area (Å²) in [5.74, 6) is -13.6. The minimum Gasteiger partial charge on any atom is -0.480 e. The number of primary amides is 1. The van der Waals surface area contributed by atoms with Crippen molar-refractivity contribution in [3.8, 4) is 0 Å². The van der Waals surface area contributed by atoms with Crippen molar-refractivity contribution in [1.29, 1.82) is 0 Å². The molecule has 17 N–H and O–H groups in total. The number of nitrogens with one attached hydrogen (secondary N) is 9. The van der Waals surface area contributed by atoms with Crippen molar-refractivity contribution in [2.75, 3.05) is 0 Å². The molecule has 14 atom stereocenters. The van der Waals surface area contributed by atoms with Gasteiger partial charge in [0.2, 0.25) is 59.1 Å². The van der Waals surface area contributed by atoms with Crippen LogP contribution in [0.5, 0.6) is 0 Å². The Morgan fingerprint density at radius 1 is 0.417 bits per heavy atom. The number of carboxylic acids is 1. The second kappa shape index (κ2) is 30.8. The van der Waals surface area contributed by atoms with Gasteiger partial charge in [-0.15, -0.1) is 0 Å². The van der Waals surface area contributed by atoms with E-state index in [4.69, 9.17) is 11.5 Å². The van der Waals surface area contributed by atoms with Gasteiger partial charge in [0.1, 0.15) is 54.4 Å². The molecule has 72 heavy (non-hydrogen) atoms. The zero-order chi connectivity index (χ0) is 56.2. The fourth-order valence-electron chi connectivity index (χ4n) is 6.80. The third kappa shape index (κ3) is 21.8. The molecule has 0 rings (SSSR count). The average molecular weight is 1030 g/mol. The maximum atomic E-state index is 14.0. The molecule has 0 aliphatic rings. The van der Waals surface area contributed by atoms with E-state index in [2.05, 4.69) is 47.9 Å². The molecule has 0 bridgehead atoms. The minimum absolute atomic E-state index is 0.0458. The lowest BCUT2D eigenvalue weighted by molar-refractivity contribution is -0.144. The molecule has 0 unspecified atom stereocenters. The average Bonchev–Trinajstić information content (AvgIpc) is 3.26. The molecule has 0 aliphatic carbocycles. The molecule has 0 aromatic rings. The monoisotopic (exact) mass is 1030 g/mol. The van der Waals surface area contributed by atoms with Crippen molar-refractivity contribution in [2.24, 2.45) is 41.1 Å². The van der Waals surface area contributed by atoms with E-state index >= 15 is 0 Å². The number of carboxylic acid groups (broad SMARTS) is 1. The van der Waals surface area contributed by atoms with Gasteiger partial charge in [0.15, 0.2) is 0 Å². The van der Waals surface area contributed by atoms with Gasteiger partial charge in [-0.05, 0) is 63.7 Å². The normalized spacial score (nSPS) is 17.4. The maximum Gasteiger partial charge on any atom is 0.326 e. The molecule has 0 aromatic heterocycles. The number of aliphatic carboxylic acids is 1. The zero-order valence-electron chi connectivity index (χ0n) is 43.9. The van der Waals surface area contributed by atoms with E-state index in [-0.39, 0.29) is 24.7 Å². The van der Waals surface area contributed by atoms with Crippen LogP contribution in [0.1, 0.15) is 116 Å². The van der Waals surface area contributed by atoms with Gasteiger partial charge in [0.05, 0.1) is 30.8 Å². The third-order valence-corrected chi connectivity index (χ3v) is 11.6. The molecule has 0 radical (unpaired) electrons. The predicted molar refractivity (Wildman–Crippen MR) is 261 cm³/mol. The Morgan fingerprint density at radius 2 is 0.764 bits per heavy atom. The number of hydrogen-bond acceptors (Lipinski definition) is 15. The Morgan fingerprint density at radius 3 is 1.14 bits per heavy atom. The first kappa shape index (κ1) is 66.0. The molecule has 26 heteroatoms. The number of rotatable bonds is 31. The second-order valence-corrected chi connectivity index (χ2v) is 19.8. The zero-order valence-corrected chi connectivity index (χ0v) is 43.9. The Kier molecular flexibility index (Phi) is 28.2. The maximum absolute atomic E-state index is 14.0. The highest BCUT2D eigenvalue weighted by molar-refractivity contribution is 5.99. The van der Waals surface area contributed by atoms with Gasteiger partial charge in [-0.25, -0.2) is 4.79 Å². The first-order chi connectivity index (χ1) is 33.1. The van der Waals surface area contributed by atoms with E-state index in [1.165, 1.54) is 41.5 Å². The molecule has 412 valence electrons. The van der Waals surface area contributed by atoms with Gasteiger partial charge in [-0.2, -0.15) is 0 Å². The van der Waals surface area contributed by atoms with Crippen LogP contribution in [0.25, 0.3) is 0 Å². The molecule has 0 spiro atoms. The Hall–Kier alpha value is -5.99. The number of aliphatic hydroxyl groups is 3. The van der Waals surface area contributed by atoms with Gasteiger partial charge in [-0.3, -0.25) is 47.9 Å². The van der Waals surface area contributed by atoms with Crippen LogP contribution >= 0.6 is 0 Å². The molecular formula is C46H83N11O15. The van der Waals surface area contributed by atoms with Crippen LogP contribution in [0.15, 0.2) is 0 Å². The minimum atomic E-state index is -1.75. The lowest BCUT2D eigenvalue weighted by Crippen LogP contribution is -2.64. The van der Waals surface area contributed by atoms with Crippen LogP contribution in [0.4, 0.5) is 0 Å². The van der Waals surface area contributed by atoms with Gasteiger partial charge >= 0.3 is 5.97 Å². The van der Waals surface area contributed by atoms with E-state index in [1.54, 1.807) is 55.4 Å². The third-order valence-electron chi connectivity index (χ3n) is 11.6. The first-order valence-electron chi connectivity index (χ1n) is 24.1. The molecule has 26 nitrogen and oxygen atoms in total. The van der Waals surface area contributed by atoms with Crippen LogP contribution in [-0.4, -0.2) is 164 Å². The molecule has 0 aromatic carbocycles. The van der Waals surface area contributed by atoms with E-state index in [9.17, 15) is 73.2 Å². The summed E-state index contributed by atoms with van der Waals surface area (Å²) in [6.07, 6.45) is -5.09. The smallest absolute Gasteiger partial charge is 0.326 e. The summed E-state index contributed by atoms with van der Waals surface area (Å²) in [5, 5.41) is 62.4. The highest BCUT2D eigenvalue weighted by atomic mass is 16.4. The lowest BCUT2D eigenvalue weighted by Gasteiger charge is -2.31. The highest BCUT2D eigenvalue weighted by Gasteiger charge is 2.39. The molecule has 0 saturated carbocycles. The van der Waals surface area contributed by atoms with Gasteiger partial charge < -0.3 is 79.7 Å². The van der Waals surface area contributed by atoms with Crippen LogP contribution in [0.3, 0.4) is 0 Å². The summed E-state index contributed by atoms with van der Waals surface area (Å²) in [5.41, 5.74) is 11.3. The topological polar surface area (TPSA) is 429 Å². The van der Waals surface area contributed by atoms with Gasteiger partial charge in [-0.1, -0.05) is 75.7 Å². The van der Waals surface area contributed by atoms with Crippen LogP contribution < -0.4 is 59.3 Å². The number of aliphatic hydroxyl groups excluding tert-OH is 3. The molecular weight excluding hydrogens is 947 g/mol. The van der Waals surface area contributed by atoms with Gasteiger partial charge in [0, 0.05) is 0 Å². The number of amides is 10. The lowest BCUT2D eigenvalue weighted by atomic mass is 9.96. The number of nitrogens with two attached hydrogens (primary N) is 2. The van der Waals surface area contributed by atoms with Crippen LogP contribution in [-0.2, 0) is 52.7 Å². The SMILES string of the molecule is CC[C@H](C)[C@H](NC(=O)[C@H](CC(C)C)NC(=O)[C@H](CC(N)=O)NC(=O)[C@H](C)NC(=O)[C@@H](NC(=O)[C@@H](N)C(C)C)[C@@H](C)O)C(=O)N[C@H](C(=O)N[C@H](C(=O)N[C@H](C(=O)N[C@H](C(=O)O)C(C)C)[C@@H](C)O)C(C)C)[C@@H](C)O. The quantitative estimate of drug-likeness (QED) is 0.0314. The van der Waals surface area contributed by atoms with Crippen LogP contribution in [0.2, 0.25) is 0 Å². The molecule has 0 aliphatic heterocycles. The second-order valence-electron chi connectivity index (χ2n) is 19.8. The predicted octanol–water partition coefficient (Wildman–Crippen LogP) is -4.14.